The standard InChI is InChI=1S/C24H29Br2NO4/c1-24(2,3)31-23(29)27-16-18(12-9-15-25)21(19-13-7-8-14-20(19)26)30-22(28)17-10-5-4-6-11-17/h4-8,10-11,13-14,18,21H,9,12,15-16H2,1-3H3,(H,27,29)/t18-,21-/m0/s1. The van der Waals surface area contributed by atoms with Crippen LogP contribution in [0.2, 0.25) is 0 Å². The molecule has 1 amide bonds. The number of esters is 1. The van der Waals surface area contributed by atoms with Crippen LogP contribution in [0.1, 0.15) is 55.6 Å². The first-order valence-corrected chi connectivity index (χ1v) is 12.2. The lowest BCUT2D eigenvalue weighted by Crippen LogP contribution is -2.37. The Balaban J connectivity index is 2.28. The normalized spacial score (nSPS) is 13.2. The van der Waals surface area contributed by atoms with Crippen LogP contribution in [0.4, 0.5) is 4.79 Å². The van der Waals surface area contributed by atoms with Crippen LogP contribution < -0.4 is 5.32 Å². The minimum Gasteiger partial charge on any atom is -0.453 e. The number of rotatable bonds is 9. The highest BCUT2D eigenvalue weighted by Gasteiger charge is 2.30. The number of halogens is 2. The van der Waals surface area contributed by atoms with E-state index in [0.717, 1.165) is 28.2 Å². The lowest BCUT2D eigenvalue weighted by Gasteiger charge is -2.29. The molecular formula is C24H29Br2NO4. The van der Waals surface area contributed by atoms with Crippen LogP contribution in [0, 0.1) is 5.92 Å². The lowest BCUT2D eigenvalue weighted by molar-refractivity contribution is 0.0102. The van der Waals surface area contributed by atoms with E-state index >= 15 is 0 Å². The highest BCUT2D eigenvalue weighted by molar-refractivity contribution is 9.10. The van der Waals surface area contributed by atoms with Gasteiger partial charge in [0.2, 0.25) is 0 Å². The molecule has 0 bridgehead atoms. The van der Waals surface area contributed by atoms with Crippen molar-refractivity contribution in [1.29, 1.82) is 0 Å². The number of hydrogen-bond donors (Lipinski definition) is 1. The minimum absolute atomic E-state index is 0.142. The van der Waals surface area contributed by atoms with Crippen molar-refractivity contribution in [2.45, 2.75) is 45.3 Å². The summed E-state index contributed by atoms with van der Waals surface area (Å²) in [6.45, 7) is 5.78. The van der Waals surface area contributed by atoms with Crippen LogP contribution in [-0.2, 0) is 9.47 Å². The molecule has 7 heteroatoms. The first-order valence-electron chi connectivity index (χ1n) is 10.2. The highest BCUT2D eigenvalue weighted by atomic mass is 79.9. The molecule has 0 aliphatic carbocycles. The molecule has 0 aliphatic heterocycles. The summed E-state index contributed by atoms with van der Waals surface area (Å²) in [7, 11) is 0. The Morgan fingerprint density at radius 1 is 1.03 bits per heavy atom. The van der Waals surface area contributed by atoms with Crippen LogP contribution in [0.3, 0.4) is 0 Å². The molecule has 0 fully saturated rings. The van der Waals surface area contributed by atoms with E-state index in [2.05, 4.69) is 37.2 Å². The van der Waals surface area contributed by atoms with E-state index in [0.29, 0.717) is 12.1 Å². The van der Waals surface area contributed by atoms with Gasteiger partial charge in [-0.05, 0) is 51.8 Å². The average Bonchev–Trinajstić information content (AvgIpc) is 2.72. The third-order valence-electron chi connectivity index (χ3n) is 4.50. The number of alkyl carbamates (subject to hydrolysis) is 1. The summed E-state index contributed by atoms with van der Waals surface area (Å²) in [5.41, 5.74) is 0.758. The van der Waals surface area contributed by atoms with Gasteiger partial charge in [0.15, 0.2) is 0 Å². The van der Waals surface area contributed by atoms with Crippen molar-refractivity contribution in [2.75, 3.05) is 11.9 Å². The number of hydrogen-bond acceptors (Lipinski definition) is 4. The van der Waals surface area contributed by atoms with E-state index in [1.54, 1.807) is 24.3 Å². The van der Waals surface area contributed by atoms with Crippen molar-refractivity contribution in [1.82, 2.24) is 5.32 Å². The molecule has 31 heavy (non-hydrogen) atoms. The molecule has 2 aromatic rings. The molecule has 168 valence electrons. The quantitative estimate of drug-likeness (QED) is 0.278. The van der Waals surface area contributed by atoms with Crippen molar-refractivity contribution < 1.29 is 19.1 Å². The number of nitrogens with one attached hydrogen (secondary N) is 1. The summed E-state index contributed by atoms with van der Waals surface area (Å²) < 4.78 is 12.2. The van der Waals surface area contributed by atoms with Gasteiger partial charge in [0, 0.05) is 27.8 Å². The van der Waals surface area contributed by atoms with Gasteiger partial charge in [-0.3, -0.25) is 0 Å². The summed E-state index contributed by atoms with van der Waals surface area (Å²) in [4.78, 5) is 25.1. The molecule has 0 unspecified atom stereocenters. The van der Waals surface area contributed by atoms with Gasteiger partial charge >= 0.3 is 12.1 Å². The number of benzene rings is 2. The lowest BCUT2D eigenvalue weighted by atomic mass is 9.91. The zero-order chi connectivity index (χ0) is 22.9. The molecule has 0 saturated heterocycles. The van der Waals surface area contributed by atoms with Crippen molar-refractivity contribution in [3.63, 3.8) is 0 Å². The molecule has 2 atom stereocenters. The van der Waals surface area contributed by atoms with Gasteiger partial charge in [0.05, 0.1) is 5.56 Å². The molecule has 0 radical (unpaired) electrons. The van der Waals surface area contributed by atoms with E-state index in [-0.39, 0.29) is 5.92 Å². The highest BCUT2D eigenvalue weighted by Crippen LogP contribution is 2.35. The van der Waals surface area contributed by atoms with E-state index in [9.17, 15) is 9.59 Å². The monoisotopic (exact) mass is 553 g/mol. The SMILES string of the molecule is CC(C)(C)OC(=O)NC[C@H](CCCBr)[C@H](OC(=O)c1ccccc1)c1ccccc1Br. The minimum atomic E-state index is -0.586. The molecule has 5 nitrogen and oxygen atoms in total. The smallest absolute Gasteiger partial charge is 0.407 e. The van der Waals surface area contributed by atoms with E-state index in [1.807, 2.05) is 51.1 Å². The molecule has 1 N–H and O–H groups in total. The first kappa shape index (κ1) is 25.4. The maximum atomic E-state index is 12.9. The number of alkyl halides is 1. The van der Waals surface area contributed by atoms with Gasteiger partial charge in [0.1, 0.15) is 11.7 Å². The second-order valence-corrected chi connectivity index (χ2v) is 9.83. The summed E-state index contributed by atoms with van der Waals surface area (Å²) >= 11 is 7.06. The topological polar surface area (TPSA) is 64.6 Å². The van der Waals surface area contributed by atoms with Crippen LogP contribution in [-0.4, -0.2) is 29.5 Å². The molecule has 0 saturated carbocycles. The van der Waals surface area contributed by atoms with Gasteiger partial charge in [-0.15, -0.1) is 0 Å². The zero-order valence-corrected chi connectivity index (χ0v) is 21.2. The second-order valence-electron chi connectivity index (χ2n) is 8.19. The van der Waals surface area contributed by atoms with Gasteiger partial charge in [0.25, 0.3) is 0 Å². The van der Waals surface area contributed by atoms with Crippen molar-refractivity contribution in [2.24, 2.45) is 5.92 Å². The molecule has 0 aromatic heterocycles. The fourth-order valence-electron chi connectivity index (χ4n) is 3.11. The maximum Gasteiger partial charge on any atom is 0.407 e. The van der Waals surface area contributed by atoms with Gasteiger partial charge < -0.3 is 14.8 Å². The Labute approximate surface area is 201 Å². The largest absolute Gasteiger partial charge is 0.453 e. The Hall–Kier alpha value is -1.86. The van der Waals surface area contributed by atoms with E-state index < -0.39 is 23.8 Å². The van der Waals surface area contributed by atoms with Crippen LogP contribution in [0.25, 0.3) is 0 Å². The van der Waals surface area contributed by atoms with Crippen molar-refractivity contribution in [3.8, 4) is 0 Å². The van der Waals surface area contributed by atoms with Crippen molar-refractivity contribution in [3.05, 3.63) is 70.2 Å². The Morgan fingerprint density at radius 3 is 2.29 bits per heavy atom. The molecular weight excluding hydrogens is 526 g/mol. The number of ether oxygens (including phenoxy) is 2. The fraction of sp³-hybridized carbons (Fsp3) is 0.417. The Kier molecular flexibility index (Phi) is 10.0. The van der Waals surface area contributed by atoms with E-state index in [4.69, 9.17) is 9.47 Å². The van der Waals surface area contributed by atoms with Crippen LogP contribution >= 0.6 is 31.9 Å². The summed E-state index contributed by atoms with van der Waals surface area (Å²) in [5.74, 6) is -0.543. The molecule has 2 rings (SSSR count). The third kappa shape index (κ3) is 8.65. The predicted octanol–water partition coefficient (Wildman–Crippen LogP) is 6.66. The van der Waals surface area contributed by atoms with Crippen LogP contribution in [0.5, 0.6) is 0 Å². The summed E-state index contributed by atoms with van der Waals surface area (Å²) in [6.07, 6.45) is 0.577. The zero-order valence-electron chi connectivity index (χ0n) is 18.1. The van der Waals surface area contributed by atoms with Crippen LogP contribution in [0.15, 0.2) is 59.1 Å². The number of amides is 1. The number of carbonyl (C=O) groups excluding carboxylic acids is 2. The average molecular weight is 555 g/mol. The third-order valence-corrected chi connectivity index (χ3v) is 5.78. The summed E-state index contributed by atoms with van der Waals surface area (Å²) in [6, 6.07) is 16.6. The Bertz CT molecular complexity index is 852. The van der Waals surface area contributed by atoms with E-state index in [1.165, 1.54) is 0 Å². The molecule has 0 aliphatic rings. The Morgan fingerprint density at radius 2 is 1.68 bits per heavy atom. The van der Waals surface area contributed by atoms with Gasteiger partial charge in [-0.25, -0.2) is 9.59 Å². The molecule has 2 aromatic carbocycles. The van der Waals surface area contributed by atoms with Gasteiger partial charge in [-0.1, -0.05) is 68.3 Å². The maximum absolute atomic E-state index is 12.9. The van der Waals surface area contributed by atoms with Crippen molar-refractivity contribution >= 4 is 43.9 Å². The molecule has 0 heterocycles. The summed E-state index contributed by atoms with van der Waals surface area (Å²) in [5, 5.41) is 3.66. The fourth-order valence-corrected chi connectivity index (χ4v) is 3.94. The first-order chi connectivity index (χ1) is 14.7. The van der Waals surface area contributed by atoms with Gasteiger partial charge in [-0.2, -0.15) is 0 Å². The number of carbonyl (C=O) groups is 2. The second kappa shape index (κ2) is 12.2. The molecule has 0 spiro atoms. The predicted molar refractivity (Wildman–Crippen MR) is 129 cm³/mol.